The molecular formula is C28H20Cl3F3N6O4. The second-order valence-electron chi connectivity index (χ2n) is 9.20. The summed E-state index contributed by atoms with van der Waals surface area (Å²) in [6, 6.07) is 10.9. The molecule has 0 aliphatic rings. The summed E-state index contributed by atoms with van der Waals surface area (Å²) in [7, 11) is 1.64. The van der Waals surface area contributed by atoms with Crippen molar-refractivity contribution in [2.24, 2.45) is 7.05 Å². The van der Waals surface area contributed by atoms with E-state index in [0.29, 0.717) is 16.6 Å². The zero-order valence-corrected chi connectivity index (χ0v) is 24.7. The highest BCUT2D eigenvalue weighted by molar-refractivity contribution is 6.39. The Bertz CT molecular complexity index is 1870. The molecule has 2 heterocycles. The van der Waals surface area contributed by atoms with E-state index in [-0.39, 0.29) is 56.0 Å². The van der Waals surface area contributed by atoms with Gasteiger partial charge in [0.2, 0.25) is 11.7 Å². The molecule has 0 unspecified atom stereocenters. The summed E-state index contributed by atoms with van der Waals surface area (Å²) in [4.78, 5) is 30.0. The number of hydrogen-bond acceptors (Lipinski definition) is 7. The number of aryl methyl sites for hydroxylation is 1. The third kappa shape index (κ3) is 6.69. The van der Waals surface area contributed by atoms with Crippen LogP contribution in [0.25, 0.3) is 11.0 Å². The van der Waals surface area contributed by atoms with Gasteiger partial charge < -0.3 is 29.8 Å². The molecule has 3 aromatic carbocycles. The maximum absolute atomic E-state index is 13.6. The van der Waals surface area contributed by atoms with Crippen LogP contribution in [0.1, 0.15) is 26.5 Å². The van der Waals surface area contributed by atoms with Crippen LogP contribution in [0.3, 0.4) is 0 Å². The number of ether oxygens (including phenoxy) is 1. The Morgan fingerprint density at radius 2 is 1.84 bits per heavy atom. The molecule has 10 nitrogen and oxygen atoms in total. The summed E-state index contributed by atoms with van der Waals surface area (Å²) in [5.41, 5.74) is 1.58. The summed E-state index contributed by atoms with van der Waals surface area (Å²) >= 11 is 18.9. The van der Waals surface area contributed by atoms with Gasteiger partial charge in [-0.15, -0.1) is 0 Å². The highest BCUT2D eigenvalue weighted by Gasteiger charge is 2.21. The van der Waals surface area contributed by atoms with Gasteiger partial charge in [0.15, 0.2) is 0 Å². The molecule has 0 saturated carbocycles. The minimum absolute atomic E-state index is 0.0274. The van der Waals surface area contributed by atoms with E-state index in [9.17, 15) is 22.8 Å². The fourth-order valence-corrected chi connectivity index (χ4v) is 4.82. The zero-order valence-electron chi connectivity index (χ0n) is 22.4. The predicted molar refractivity (Wildman–Crippen MR) is 159 cm³/mol. The lowest BCUT2D eigenvalue weighted by atomic mass is 10.1. The van der Waals surface area contributed by atoms with Crippen molar-refractivity contribution in [3.63, 3.8) is 0 Å². The number of fused-ring (bicyclic) bond motifs is 1. The Hall–Kier alpha value is -4.46. The molecule has 0 spiro atoms. The molecule has 3 N–H and O–H groups in total. The molecule has 0 aliphatic heterocycles. The normalized spacial score (nSPS) is 11.2. The lowest BCUT2D eigenvalue weighted by molar-refractivity contribution is 0.0804. The molecule has 0 saturated heterocycles. The number of carbonyl (C=O) groups is 2. The lowest BCUT2D eigenvalue weighted by Crippen LogP contribution is -2.22. The van der Waals surface area contributed by atoms with E-state index in [1.54, 1.807) is 23.7 Å². The first-order valence-corrected chi connectivity index (χ1v) is 13.8. The smallest absolute Gasteiger partial charge is 0.290 e. The molecule has 228 valence electrons. The van der Waals surface area contributed by atoms with Crippen LogP contribution in [0.15, 0.2) is 59.3 Å². The molecule has 0 fully saturated rings. The van der Waals surface area contributed by atoms with Gasteiger partial charge in [0, 0.05) is 31.4 Å². The van der Waals surface area contributed by atoms with E-state index < -0.39 is 30.7 Å². The van der Waals surface area contributed by atoms with Crippen molar-refractivity contribution in [2.75, 3.05) is 17.2 Å². The number of nitrogens with one attached hydrogen (secondary N) is 3. The van der Waals surface area contributed by atoms with Gasteiger partial charge in [-0.3, -0.25) is 9.59 Å². The largest absolute Gasteiger partial charge is 0.487 e. The summed E-state index contributed by atoms with van der Waals surface area (Å²) in [5, 5.41) is 12.0. The van der Waals surface area contributed by atoms with Crippen molar-refractivity contribution in [1.82, 2.24) is 20.0 Å². The number of imidazole rings is 1. The van der Waals surface area contributed by atoms with Crippen LogP contribution in [-0.4, -0.2) is 39.6 Å². The molecule has 0 atom stereocenters. The van der Waals surface area contributed by atoms with Crippen LogP contribution in [0.5, 0.6) is 5.75 Å². The quantitative estimate of drug-likeness (QED) is 0.144. The van der Waals surface area contributed by atoms with Crippen LogP contribution in [-0.2, 0) is 13.6 Å². The molecule has 2 amide bonds. The highest BCUT2D eigenvalue weighted by atomic mass is 35.5. The van der Waals surface area contributed by atoms with Crippen LogP contribution in [0.2, 0.25) is 15.1 Å². The first-order chi connectivity index (χ1) is 21.0. The summed E-state index contributed by atoms with van der Waals surface area (Å²) in [5.74, 6) is -1.79. The van der Waals surface area contributed by atoms with Crippen molar-refractivity contribution in [1.29, 1.82) is 0 Å². The van der Waals surface area contributed by atoms with E-state index in [4.69, 9.17) is 44.1 Å². The molecule has 0 radical (unpaired) electrons. The standard InChI is InChI=1S/C28H20Cl3F3N6O4/c1-40-20-10-22(43-12-23(33)34)15(26(41)37-14-3-5-18(32)17(30)8-14)9-19(20)38-28(40)39-25-16(29)4-2-13(24(25)31)11-35-27(42)21-6-7-36-44-21/h2-10,23H,11-12H2,1H3,(H,35,42)(H,37,41)(H,38,39). The Balaban J connectivity index is 1.45. The number of aromatic nitrogens is 3. The van der Waals surface area contributed by atoms with Crippen LogP contribution in [0, 0.1) is 5.82 Å². The molecule has 2 aromatic heterocycles. The van der Waals surface area contributed by atoms with E-state index >= 15 is 0 Å². The van der Waals surface area contributed by atoms with Gasteiger partial charge in [-0.2, -0.15) is 0 Å². The third-order valence-electron chi connectivity index (χ3n) is 6.28. The van der Waals surface area contributed by atoms with E-state index in [1.807, 2.05) is 0 Å². The number of carbonyl (C=O) groups excluding carboxylic acids is 2. The van der Waals surface area contributed by atoms with Crippen LogP contribution < -0.4 is 20.7 Å². The number of amides is 2. The Morgan fingerprint density at radius 1 is 1.05 bits per heavy atom. The van der Waals surface area contributed by atoms with Gasteiger partial charge >= 0.3 is 0 Å². The summed E-state index contributed by atoms with van der Waals surface area (Å²) in [6.07, 6.45) is -1.47. The molecule has 0 bridgehead atoms. The maximum Gasteiger partial charge on any atom is 0.290 e. The number of anilines is 3. The van der Waals surface area contributed by atoms with Crippen molar-refractivity contribution < 1.29 is 32.0 Å². The number of rotatable bonds is 10. The van der Waals surface area contributed by atoms with E-state index in [0.717, 1.165) is 6.07 Å². The monoisotopic (exact) mass is 666 g/mol. The average Bonchev–Trinajstić information content (AvgIpc) is 3.63. The molecule has 16 heteroatoms. The number of halogens is 6. The summed E-state index contributed by atoms with van der Waals surface area (Å²) < 4.78 is 51.4. The zero-order chi connectivity index (χ0) is 31.5. The summed E-state index contributed by atoms with van der Waals surface area (Å²) in [6.45, 7) is -0.933. The van der Waals surface area contributed by atoms with Gasteiger partial charge in [0.05, 0.1) is 43.5 Å². The number of nitrogens with zero attached hydrogens (tertiary/aromatic N) is 3. The Labute approximate surface area is 262 Å². The van der Waals surface area contributed by atoms with Crippen LogP contribution >= 0.6 is 34.8 Å². The SMILES string of the molecule is Cn1c(Nc2c(Cl)ccc(CNC(=O)c3ccno3)c2Cl)nc2cc(C(=O)Nc3ccc(F)c(Cl)c3)c(OCC(F)F)cc21. The van der Waals surface area contributed by atoms with Crippen molar-refractivity contribution in [3.8, 4) is 5.75 Å². The number of alkyl halides is 2. The number of benzene rings is 3. The average molecular weight is 668 g/mol. The van der Waals surface area contributed by atoms with Gasteiger partial charge in [-0.1, -0.05) is 46.0 Å². The lowest BCUT2D eigenvalue weighted by Gasteiger charge is -2.14. The fraction of sp³-hybridized carbons (Fsp3) is 0.143. The minimum Gasteiger partial charge on any atom is -0.487 e. The molecule has 0 aliphatic carbocycles. The Morgan fingerprint density at radius 3 is 2.55 bits per heavy atom. The Kier molecular flexibility index (Phi) is 9.18. The van der Waals surface area contributed by atoms with E-state index in [2.05, 4.69) is 26.1 Å². The molecule has 44 heavy (non-hydrogen) atoms. The predicted octanol–water partition coefficient (Wildman–Crippen LogP) is 7.23. The molecule has 5 aromatic rings. The van der Waals surface area contributed by atoms with Gasteiger partial charge in [0.1, 0.15) is 18.2 Å². The van der Waals surface area contributed by atoms with Crippen molar-refractivity contribution in [3.05, 3.63) is 92.5 Å². The topological polar surface area (TPSA) is 123 Å². The second-order valence-corrected chi connectivity index (χ2v) is 10.4. The first kappa shape index (κ1) is 31.0. The molecule has 5 rings (SSSR count). The first-order valence-electron chi connectivity index (χ1n) is 12.6. The minimum atomic E-state index is -2.81. The number of hydrogen-bond donors (Lipinski definition) is 3. The van der Waals surface area contributed by atoms with E-state index in [1.165, 1.54) is 36.5 Å². The fourth-order valence-electron chi connectivity index (χ4n) is 4.11. The van der Waals surface area contributed by atoms with Gasteiger partial charge in [-0.25, -0.2) is 18.2 Å². The van der Waals surface area contributed by atoms with Gasteiger partial charge in [-0.05, 0) is 35.9 Å². The van der Waals surface area contributed by atoms with Gasteiger partial charge in [0.25, 0.3) is 18.2 Å². The van der Waals surface area contributed by atoms with Crippen LogP contribution in [0.4, 0.5) is 30.5 Å². The van der Waals surface area contributed by atoms with Crippen molar-refractivity contribution in [2.45, 2.75) is 13.0 Å². The van der Waals surface area contributed by atoms with Crippen molar-refractivity contribution >= 4 is 75.0 Å². The highest BCUT2D eigenvalue weighted by Crippen LogP contribution is 2.37. The third-order valence-corrected chi connectivity index (χ3v) is 7.31. The maximum atomic E-state index is 13.6. The molecular weight excluding hydrogens is 648 g/mol. The second kappa shape index (κ2) is 13.0.